The van der Waals surface area contributed by atoms with Gasteiger partial charge in [0.1, 0.15) is 0 Å². The zero-order valence-electron chi connectivity index (χ0n) is 16.1. The lowest BCUT2D eigenvalue weighted by Crippen LogP contribution is -2.41. The molecule has 25 heavy (non-hydrogen) atoms. The summed E-state index contributed by atoms with van der Waals surface area (Å²) in [6, 6.07) is 4.04. The van der Waals surface area contributed by atoms with Gasteiger partial charge in [0.25, 0.3) is 0 Å². The van der Waals surface area contributed by atoms with Gasteiger partial charge in [-0.05, 0) is 63.7 Å². The van der Waals surface area contributed by atoms with E-state index in [4.69, 9.17) is 20.9 Å². The van der Waals surface area contributed by atoms with Crippen LogP contribution in [0.1, 0.15) is 51.3 Å². The molecule has 0 aromatic heterocycles. The van der Waals surface area contributed by atoms with Crippen molar-refractivity contribution in [3.63, 3.8) is 0 Å². The Hall–Kier alpha value is -1.30. The number of aryl methyl sites for hydroxylation is 2. The molecule has 1 saturated heterocycles. The SMILES string of the molecule is CC(=O)NCC(=Cc1cc(C)c(Cl)c(C)c1)B1OC(C)(C)C(C)(C)O1. The molecule has 136 valence electrons. The van der Waals surface area contributed by atoms with Gasteiger partial charge in [-0.15, -0.1) is 0 Å². The second-order valence-corrected chi connectivity index (χ2v) is 8.06. The molecule has 1 aromatic rings. The van der Waals surface area contributed by atoms with Crippen LogP contribution in [0.3, 0.4) is 0 Å². The van der Waals surface area contributed by atoms with Crippen LogP contribution in [0.4, 0.5) is 0 Å². The molecule has 0 spiro atoms. The minimum atomic E-state index is -0.506. The first-order chi connectivity index (χ1) is 11.4. The first kappa shape index (κ1) is 20.0. The van der Waals surface area contributed by atoms with Crippen LogP contribution in [-0.2, 0) is 14.1 Å². The van der Waals surface area contributed by atoms with E-state index in [9.17, 15) is 4.79 Å². The zero-order valence-corrected chi connectivity index (χ0v) is 16.9. The molecule has 0 aliphatic carbocycles. The van der Waals surface area contributed by atoms with Gasteiger partial charge in [0, 0.05) is 18.5 Å². The third-order valence-corrected chi connectivity index (χ3v) is 5.50. The summed E-state index contributed by atoms with van der Waals surface area (Å²) in [5.41, 5.74) is 3.04. The lowest BCUT2D eigenvalue weighted by atomic mass is 9.76. The Morgan fingerprint density at radius 1 is 1.16 bits per heavy atom. The molecule has 0 unspecified atom stereocenters. The number of rotatable bonds is 4. The highest BCUT2D eigenvalue weighted by molar-refractivity contribution is 6.56. The molecule has 2 rings (SSSR count). The summed E-state index contributed by atoms with van der Waals surface area (Å²) in [6.45, 7) is 13.9. The molecule has 1 aliphatic heterocycles. The average molecular weight is 364 g/mol. The molecule has 0 saturated carbocycles. The maximum atomic E-state index is 11.4. The Morgan fingerprint density at radius 2 is 1.64 bits per heavy atom. The van der Waals surface area contributed by atoms with Crippen molar-refractivity contribution in [2.45, 2.75) is 59.7 Å². The van der Waals surface area contributed by atoms with Crippen molar-refractivity contribution in [1.29, 1.82) is 0 Å². The Labute approximate surface area is 156 Å². The number of halogens is 1. The van der Waals surface area contributed by atoms with Crippen LogP contribution in [0.15, 0.2) is 17.6 Å². The summed E-state index contributed by atoms with van der Waals surface area (Å²) in [4.78, 5) is 11.4. The molecule has 1 fully saturated rings. The van der Waals surface area contributed by atoms with Crippen molar-refractivity contribution in [2.75, 3.05) is 6.54 Å². The lowest BCUT2D eigenvalue weighted by Gasteiger charge is -2.32. The summed E-state index contributed by atoms with van der Waals surface area (Å²) in [5.74, 6) is -0.0918. The fraction of sp³-hybridized carbons (Fsp3) is 0.526. The highest BCUT2D eigenvalue weighted by Crippen LogP contribution is 2.38. The molecule has 0 atom stereocenters. The van der Waals surface area contributed by atoms with E-state index in [0.29, 0.717) is 6.54 Å². The molecule has 0 bridgehead atoms. The topological polar surface area (TPSA) is 47.6 Å². The van der Waals surface area contributed by atoms with Crippen molar-refractivity contribution >= 4 is 30.7 Å². The second-order valence-electron chi connectivity index (χ2n) is 7.69. The van der Waals surface area contributed by atoms with Gasteiger partial charge in [0.2, 0.25) is 5.91 Å². The Bertz CT molecular complexity index is 674. The number of carbonyl (C=O) groups is 1. The summed E-state index contributed by atoms with van der Waals surface area (Å²) in [6.07, 6.45) is 2.01. The van der Waals surface area contributed by atoms with Crippen LogP contribution in [0, 0.1) is 13.8 Å². The molecule has 0 radical (unpaired) electrons. The number of carbonyl (C=O) groups excluding carboxylic acids is 1. The van der Waals surface area contributed by atoms with E-state index in [1.54, 1.807) is 0 Å². The van der Waals surface area contributed by atoms with Crippen molar-refractivity contribution in [3.05, 3.63) is 39.3 Å². The number of amides is 1. The minimum Gasteiger partial charge on any atom is -0.400 e. The first-order valence-corrected chi connectivity index (χ1v) is 8.88. The number of hydrogen-bond acceptors (Lipinski definition) is 3. The third-order valence-electron chi connectivity index (χ3n) is 4.91. The van der Waals surface area contributed by atoms with Gasteiger partial charge < -0.3 is 14.6 Å². The van der Waals surface area contributed by atoms with Gasteiger partial charge in [0.05, 0.1) is 11.2 Å². The van der Waals surface area contributed by atoms with Gasteiger partial charge in [-0.2, -0.15) is 0 Å². The molecular formula is C19H27BClNO3. The van der Waals surface area contributed by atoms with Crippen molar-refractivity contribution in [1.82, 2.24) is 5.32 Å². The quantitative estimate of drug-likeness (QED) is 0.819. The third kappa shape index (κ3) is 4.46. The van der Waals surface area contributed by atoms with Gasteiger partial charge in [-0.25, -0.2) is 0 Å². The summed E-state index contributed by atoms with van der Waals surface area (Å²) in [5, 5.41) is 3.62. The summed E-state index contributed by atoms with van der Waals surface area (Å²) in [7, 11) is -0.506. The van der Waals surface area contributed by atoms with Crippen LogP contribution in [0.25, 0.3) is 6.08 Å². The van der Waals surface area contributed by atoms with E-state index >= 15 is 0 Å². The highest BCUT2D eigenvalue weighted by atomic mass is 35.5. The van der Waals surface area contributed by atoms with E-state index in [2.05, 4.69) is 5.32 Å². The summed E-state index contributed by atoms with van der Waals surface area (Å²) < 4.78 is 12.3. The fourth-order valence-corrected chi connectivity index (χ4v) is 2.81. The van der Waals surface area contributed by atoms with E-state index in [1.165, 1.54) is 6.92 Å². The Morgan fingerprint density at radius 3 is 2.08 bits per heavy atom. The normalized spacial score (nSPS) is 19.2. The average Bonchev–Trinajstić information content (AvgIpc) is 2.68. The maximum absolute atomic E-state index is 11.4. The largest absolute Gasteiger partial charge is 0.492 e. The van der Waals surface area contributed by atoms with Gasteiger partial charge >= 0.3 is 7.12 Å². The number of nitrogens with one attached hydrogen (secondary N) is 1. The lowest BCUT2D eigenvalue weighted by molar-refractivity contribution is -0.118. The van der Waals surface area contributed by atoms with E-state index in [0.717, 1.165) is 27.2 Å². The predicted molar refractivity (Wildman–Crippen MR) is 104 cm³/mol. The van der Waals surface area contributed by atoms with Crippen LogP contribution in [-0.4, -0.2) is 30.8 Å². The Balaban J connectivity index is 2.38. The molecular weight excluding hydrogens is 336 g/mol. The first-order valence-electron chi connectivity index (χ1n) is 8.50. The Kier molecular flexibility index (Phi) is 5.72. The van der Waals surface area contributed by atoms with Crippen molar-refractivity contribution in [3.8, 4) is 0 Å². The molecule has 1 aliphatic rings. The predicted octanol–water partition coefficient (Wildman–Crippen LogP) is 4.11. The van der Waals surface area contributed by atoms with Gasteiger partial charge in [0.15, 0.2) is 0 Å². The molecule has 1 amide bonds. The molecule has 1 heterocycles. The fourth-order valence-electron chi connectivity index (χ4n) is 2.70. The van der Waals surface area contributed by atoms with Crippen molar-refractivity contribution in [2.24, 2.45) is 0 Å². The van der Waals surface area contributed by atoms with Crippen LogP contribution < -0.4 is 5.32 Å². The molecule has 1 N–H and O–H groups in total. The van der Waals surface area contributed by atoms with E-state index in [1.807, 2.05) is 59.8 Å². The van der Waals surface area contributed by atoms with Crippen LogP contribution in [0.2, 0.25) is 5.02 Å². The number of benzene rings is 1. The number of hydrogen-bond donors (Lipinski definition) is 1. The summed E-state index contributed by atoms with van der Waals surface area (Å²) >= 11 is 6.26. The van der Waals surface area contributed by atoms with E-state index in [-0.39, 0.29) is 5.91 Å². The van der Waals surface area contributed by atoms with Crippen LogP contribution in [0.5, 0.6) is 0 Å². The van der Waals surface area contributed by atoms with Gasteiger partial charge in [-0.1, -0.05) is 29.8 Å². The molecule has 4 nitrogen and oxygen atoms in total. The molecule has 1 aromatic carbocycles. The standard InChI is InChI=1S/C19H27BClNO3/c1-12-8-15(9-13(2)17(12)21)10-16(11-22-14(3)23)20-24-18(4,5)19(6,7)25-20/h8-10H,11H2,1-7H3,(H,22,23). The monoisotopic (exact) mass is 363 g/mol. The zero-order chi connectivity index (χ0) is 19.0. The van der Waals surface area contributed by atoms with Crippen molar-refractivity contribution < 1.29 is 14.1 Å². The maximum Gasteiger partial charge on any atom is 0.492 e. The molecule has 6 heteroatoms. The minimum absolute atomic E-state index is 0.0918. The second kappa shape index (κ2) is 7.14. The smallest absolute Gasteiger partial charge is 0.400 e. The van der Waals surface area contributed by atoms with Crippen LogP contribution >= 0.6 is 11.6 Å². The highest BCUT2D eigenvalue weighted by Gasteiger charge is 2.52. The van der Waals surface area contributed by atoms with E-state index < -0.39 is 18.3 Å². The van der Waals surface area contributed by atoms with Gasteiger partial charge in [-0.3, -0.25) is 4.79 Å².